The normalized spacial score (nSPS) is 17.2. The number of methoxy groups -OCH3 is 1. The van der Waals surface area contributed by atoms with Gasteiger partial charge in [-0.1, -0.05) is 0 Å². The molecule has 1 aromatic rings. The van der Waals surface area contributed by atoms with Crippen molar-refractivity contribution in [2.75, 3.05) is 40.3 Å². The van der Waals surface area contributed by atoms with Crippen LogP contribution in [0.4, 0.5) is 0 Å². The predicted octanol–water partition coefficient (Wildman–Crippen LogP) is 0.293. The number of nitrogens with zero attached hydrogens (tertiary/aromatic N) is 2. The number of phenolic OH excluding ortho intramolecular Hbond substituents is 1. The summed E-state index contributed by atoms with van der Waals surface area (Å²) in [6.45, 7) is 3.47. The third-order valence-electron chi connectivity index (χ3n) is 3.20. The molecule has 0 aliphatic carbocycles. The zero-order valence-electron chi connectivity index (χ0n) is 11.2. The van der Waals surface area contributed by atoms with Gasteiger partial charge in [-0.2, -0.15) is 0 Å². The Balaban J connectivity index is 2.00. The largest absolute Gasteiger partial charge is 0.504 e. The number of likely N-dealkylation sites (N-methyl/N-ethyl adjacent to an activating group) is 1. The molecule has 6 heteroatoms. The van der Waals surface area contributed by atoms with Gasteiger partial charge in [-0.25, -0.2) is 5.01 Å². The van der Waals surface area contributed by atoms with Crippen molar-refractivity contribution < 1.29 is 14.6 Å². The van der Waals surface area contributed by atoms with Gasteiger partial charge < -0.3 is 14.7 Å². The molecule has 0 spiro atoms. The molecule has 0 saturated carbocycles. The predicted molar refractivity (Wildman–Crippen MR) is 71.2 cm³/mol. The van der Waals surface area contributed by atoms with Gasteiger partial charge in [-0.3, -0.25) is 10.2 Å². The van der Waals surface area contributed by atoms with Crippen LogP contribution in [-0.2, 0) is 0 Å². The molecule has 6 nitrogen and oxygen atoms in total. The van der Waals surface area contributed by atoms with Crippen molar-refractivity contribution in [2.45, 2.75) is 0 Å². The van der Waals surface area contributed by atoms with E-state index in [1.165, 1.54) is 19.2 Å². The Kier molecular flexibility index (Phi) is 4.24. The Bertz CT molecular complexity index is 456. The minimum atomic E-state index is -0.192. The van der Waals surface area contributed by atoms with Crippen molar-refractivity contribution in [3.8, 4) is 11.5 Å². The molecule has 0 unspecified atom stereocenters. The number of amides is 1. The summed E-state index contributed by atoms with van der Waals surface area (Å²) in [6, 6.07) is 4.56. The minimum Gasteiger partial charge on any atom is -0.504 e. The lowest BCUT2D eigenvalue weighted by atomic mass is 10.2. The zero-order chi connectivity index (χ0) is 13.8. The van der Waals surface area contributed by atoms with Crippen LogP contribution in [0.3, 0.4) is 0 Å². The Hall–Kier alpha value is -1.79. The summed E-state index contributed by atoms with van der Waals surface area (Å²) in [4.78, 5) is 14.3. The van der Waals surface area contributed by atoms with E-state index in [9.17, 15) is 9.90 Å². The van der Waals surface area contributed by atoms with E-state index >= 15 is 0 Å². The number of carbonyl (C=O) groups excluding carboxylic acids is 1. The lowest BCUT2D eigenvalue weighted by molar-refractivity contribution is 0.0662. The monoisotopic (exact) mass is 265 g/mol. The highest BCUT2D eigenvalue weighted by atomic mass is 16.5. The van der Waals surface area contributed by atoms with Gasteiger partial charge in [0.1, 0.15) is 0 Å². The summed E-state index contributed by atoms with van der Waals surface area (Å²) in [5.41, 5.74) is 3.32. The summed E-state index contributed by atoms with van der Waals surface area (Å²) in [6.07, 6.45) is 0. The van der Waals surface area contributed by atoms with Crippen LogP contribution in [0.5, 0.6) is 11.5 Å². The molecule has 1 heterocycles. The zero-order valence-corrected chi connectivity index (χ0v) is 11.2. The molecule has 2 N–H and O–H groups in total. The van der Waals surface area contributed by atoms with Gasteiger partial charge >= 0.3 is 0 Å². The molecule has 0 bridgehead atoms. The standard InChI is InChI=1S/C13H19N3O3/c1-15-5-7-16(8-6-15)14-13(18)10-3-4-11(17)12(9-10)19-2/h3-4,9,17H,5-8H2,1-2H3,(H,14,18). The summed E-state index contributed by atoms with van der Waals surface area (Å²) in [7, 11) is 3.52. The van der Waals surface area contributed by atoms with Crippen molar-refractivity contribution in [3.63, 3.8) is 0 Å². The second-order valence-electron chi connectivity index (χ2n) is 4.62. The van der Waals surface area contributed by atoms with Crippen molar-refractivity contribution in [1.82, 2.24) is 15.3 Å². The molecule has 0 radical (unpaired) electrons. The SMILES string of the molecule is COc1cc(C(=O)NN2CCN(C)CC2)ccc1O. The molecule has 1 saturated heterocycles. The number of hydrazine groups is 1. The first-order chi connectivity index (χ1) is 9.10. The highest BCUT2D eigenvalue weighted by molar-refractivity contribution is 5.94. The van der Waals surface area contributed by atoms with Crippen LogP contribution in [0.15, 0.2) is 18.2 Å². The number of piperazine rings is 1. The van der Waals surface area contributed by atoms with Crippen molar-refractivity contribution in [2.24, 2.45) is 0 Å². The van der Waals surface area contributed by atoms with Gasteiger partial charge in [-0.15, -0.1) is 0 Å². The Morgan fingerprint density at radius 2 is 2.00 bits per heavy atom. The van der Waals surface area contributed by atoms with Crippen LogP contribution in [0.2, 0.25) is 0 Å². The fourth-order valence-corrected chi connectivity index (χ4v) is 1.95. The number of rotatable bonds is 3. The summed E-state index contributed by atoms with van der Waals surface area (Å²) >= 11 is 0. The molecule has 0 atom stereocenters. The summed E-state index contributed by atoms with van der Waals surface area (Å²) in [5.74, 6) is 0.132. The molecule has 1 amide bonds. The molecule has 0 aromatic heterocycles. The first-order valence-electron chi connectivity index (χ1n) is 6.21. The minimum absolute atomic E-state index is 0.0265. The van der Waals surface area contributed by atoms with Gasteiger partial charge in [0, 0.05) is 31.7 Å². The highest BCUT2D eigenvalue weighted by Crippen LogP contribution is 2.26. The van der Waals surface area contributed by atoms with Gasteiger partial charge in [0.25, 0.3) is 5.91 Å². The van der Waals surface area contributed by atoms with Crippen molar-refractivity contribution in [3.05, 3.63) is 23.8 Å². The van der Waals surface area contributed by atoms with E-state index in [0.717, 1.165) is 26.2 Å². The van der Waals surface area contributed by atoms with Crippen molar-refractivity contribution >= 4 is 5.91 Å². The number of aromatic hydroxyl groups is 1. The fourth-order valence-electron chi connectivity index (χ4n) is 1.95. The quantitative estimate of drug-likeness (QED) is 0.822. The first-order valence-corrected chi connectivity index (χ1v) is 6.21. The number of hydrogen-bond donors (Lipinski definition) is 2. The first kappa shape index (κ1) is 13.6. The Labute approximate surface area is 112 Å². The second kappa shape index (κ2) is 5.90. The smallest absolute Gasteiger partial charge is 0.265 e. The van der Waals surface area contributed by atoms with E-state index in [1.54, 1.807) is 6.07 Å². The highest BCUT2D eigenvalue weighted by Gasteiger charge is 2.17. The van der Waals surface area contributed by atoms with Gasteiger partial charge in [0.2, 0.25) is 0 Å². The maximum atomic E-state index is 12.1. The number of benzene rings is 1. The molecule has 1 aliphatic rings. The lowest BCUT2D eigenvalue weighted by Gasteiger charge is -2.32. The molecular formula is C13H19N3O3. The van der Waals surface area contributed by atoms with E-state index < -0.39 is 0 Å². The molecule has 1 aliphatic heterocycles. The van der Waals surface area contributed by atoms with Gasteiger partial charge in [-0.05, 0) is 25.2 Å². The summed E-state index contributed by atoms with van der Waals surface area (Å²) in [5, 5.41) is 11.4. The molecule has 19 heavy (non-hydrogen) atoms. The average Bonchev–Trinajstić information content (AvgIpc) is 2.42. The lowest BCUT2D eigenvalue weighted by Crippen LogP contribution is -2.52. The van der Waals surface area contributed by atoms with Crippen LogP contribution < -0.4 is 10.2 Å². The molecular weight excluding hydrogens is 246 g/mol. The van der Waals surface area contributed by atoms with Crippen LogP contribution in [0.1, 0.15) is 10.4 Å². The molecule has 2 rings (SSSR count). The number of carbonyl (C=O) groups is 1. The maximum absolute atomic E-state index is 12.1. The third kappa shape index (κ3) is 3.36. The number of hydrogen-bond acceptors (Lipinski definition) is 5. The van der Waals surface area contributed by atoms with Gasteiger partial charge in [0.15, 0.2) is 11.5 Å². The number of phenols is 1. The number of nitrogens with one attached hydrogen (secondary N) is 1. The van der Waals surface area contributed by atoms with E-state index in [0.29, 0.717) is 11.3 Å². The maximum Gasteiger partial charge on any atom is 0.265 e. The van der Waals surface area contributed by atoms with Crippen molar-refractivity contribution in [1.29, 1.82) is 0 Å². The van der Waals surface area contributed by atoms with E-state index in [1.807, 2.05) is 5.01 Å². The van der Waals surface area contributed by atoms with E-state index in [4.69, 9.17) is 4.74 Å². The van der Waals surface area contributed by atoms with E-state index in [-0.39, 0.29) is 11.7 Å². The number of ether oxygens (including phenoxy) is 1. The molecule has 1 aromatic carbocycles. The summed E-state index contributed by atoms with van der Waals surface area (Å²) < 4.78 is 4.99. The van der Waals surface area contributed by atoms with Crippen LogP contribution >= 0.6 is 0 Å². The second-order valence-corrected chi connectivity index (χ2v) is 4.62. The topological polar surface area (TPSA) is 65.0 Å². The Morgan fingerprint density at radius 3 is 2.63 bits per heavy atom. The fraction of sp³-hybridized carbons (Fsp3) is 0.462. The van der Waals surface area contributed by atoms with Crippen LogP contribution in [-0.4, -0.2) is 61.3 Å². The Morgan fingerprint density at radius 1 is 1.32 bits per heavy atom. The van der Waals surface area contributed by atoms with Gasteiger partial charge in [0.05, 0.1) is 7.11 Å². The molecule has 104 valence electrons. The van der Waals surface area contributed by atoms with Crippen LogP contribution in [0, 0.1) is 0 Å². The average molecular weight is 265 g/mol. The van der Waals surface area contributed by atoms with Crippen LogP contribution in [0.25, 0.3) is 0 Å². The molecule has 1 fully saturated rings. The third-order valence-corrected chi connectivity index (χ3v) is 3.20. The van der Waals surface area contributed by atoms with E-state index in [2.05, 4.69) is 17.4 Å².